The standard InChI is InChI=1S/C12H23O3P/c1-6-9-14-16(13,15-10-7-2)11-8-12(3,4)5/h6-7,9-10H2,1-5H3. The highest BCUT2D eigenvalue weighted by atomic mass is 31.2. The lowest BCUT2D eigenvalue weighted by atomic mass is 9.99. The van der Waals surface area contributed by atoms with Crippen molar-refractivity contribution >= 4 is 7.60 Å². The Morgan fingerprint density at radius 3 is 1.81 bits per heavy atom. The molecule has 0 radical (unpaired) electrons. The Morgan fingerprint density at radius 2 is 1.50 bits per heavy atom. The van der Waals surface area contributed by atoms with Gasteiger partial charge in [-0.3, -0.25) is 9.05 Å². The molecule has 0 N–H and O–H groups in total. The van der Waals surface area contributed by atoms with E-state index in [1.807, 2.05) is 34.6 Å². The topological polar surface area (TPSA) is 35.5 Å². The molecule has 3 nitrogen and oxygen atoms in total. The molecule has 16 heavy (non-hydrogen) atoms. The van der Waals surface area contributed by atoms with E-state index >= 15 is 0 Å². The van der Waals surface area contributed by atoms with Gasteiger partial charge in [-0.05, 0) is 33.6 Å². The molecule has 0 aliphatic rings. The van der Waals surface area contributed by atoms with Gasteiger partial charge in [0.1, 0.15) is 0 Å². The van der Waals surface area contributed by atoms with Crippen LogP contribution in [0.1, 0.15) is 47.5 Å². The average molecular weight is 246 g/mol. The molecule has 4 heteroatoms. The van der Waals surface area contributed by atoms with Gasteiger partial charge >= 0.3 is 7.60 Å². The van der Waals surface area contributed by atoms with E-state index in [9.17, 15) is 4.57 Å². The van der Waals surface area contributed by atoms with E-state index in [0.29, 0.717) is 13.2 Å². The SMILES string of the molecule is CCCOP(=O)(C#CC(C)(C)C)OCCC. The Morgan fingerprint density at radius 1 is 1.06 bits per heavy atom. The van der Waals surface area contributed by atoms with Crippen LogP contribution in [0.3, 0.4) is 0 Å². The van der Waals surface area contributed by atoms with Crippen molar-refractivity contribution in [2.75, 3.05) is 13.2 Å². The first kappa shape index (κ1) is 15.7. The molecule has 0 aromatic heterocycles. The van der Waals surface area contributed by atoms with Crippen molar-refractivity contribution in [1.29, 1.82) is 0 Å². The van der Waals surface area contributed by atoms with E-state index in [1.54, 1.807) is 0 Å². The largest absolute Gasteiger partial charge is 0.405 e. The molecule has 0 aromatic rings. The Hall–Kier alpha value is -0.290. The predicted molar refractivity (Wildman–Crippen MR) is 67.3 cm³/mol. The summed E-state index contributed by atoms with van der Waals surface area (Å²) in [6.07, 6.45) is 1.60. The third-order valence-corrected chi connectivity index (χ3v) is 2.93. The summed E-state index contributed by atoms with van der Waals surface area (Å²) in [5, 5.41) is 0. The van der Waals surface area contributed by atoms with Crippen LogP contribution < -0.4 is 0 Å². The molecule has 0 saturated carbocycles. The third kappa shape index (κ3) is 7.93. The molecular weight excluding hydrogens is 223 g/mol. The lowest BCUT2D eigenvalue weighted by Crippen LogP contribution is -2.01. The van der Waals surface area contributed by atoms with Crippen LogP contribution in [0.4, 0.5) is 0 Å². The van der Waals surface area contributed by atoms with Crippen molar-refractivity contribution in [3.05, 3.63) is 0 Å². The molecule has 0 aliphatic carbocycles. The second kappa shape index (κ2) is 7.12. The minimum Gasteiger partial charge on any atom is -0.299 e. The number of hydrogen-bond donors (Lipinski definition) is 0. The van der Waals surface area contributed by atoms with E-state index < -0.39 is 7.60 Å². The molecule has 0 rings (SSSR count). The van der Waals surface area contributed by atoms with Crippen molar-refractivity contribution < 1.29 is 13.6 Å². The normalized spacial score (nSPS) is 12.1. The second-order valence-electron chi connectivity index (χ2n) is 4.65. The smallest absolute Gasteiger partial charge is 0.299 e. The summed E-state index contributed by atoms with van der Waals surface area (Å²) in [4.78, 5) is 0. The molecule has 0 spiro atoms. The molecule has 0 atom stereocenters. The van der Waals surface area contributed by atoms with Crippen molar-refractivity contribution in [1.82, 2.24) is 0 Å². The van der Waals surface area contributed by atoms with E-state index in [0.717, 1.165) is 12.8 Å². The van der Waals surface area contributed by atoms with Gasteiger partial charge in [0.15, 0.2) is 0 Å². The van der Waals surface area contributed by atoms with Crippen LogP contribution in [0, 0.1) is 17.0 Å². The van der Waals surface area contributed by atoms with Crippen LogP contribution >= 0.6 is 7.60 Å². The van der Waals surface area contributed by atoms with Gasteiger partial charge in [0.2, 0.25) is 0 Å². The van der Waals surface area contributed by atoms with Crippen LogP contribution in [0.25, 0.3) is 0 Å². The van der Waals surface area contributed by atoms with E-state index in [1.165, 1.54) is 0 Å². The maximum Gasteiger partial charge on any atom is 0.405 e. The summed E-state index contributed by atoms with van der Waals surface area (Å²) >= 11 is 0. The van der Waals surface area contributed by atoms with E-state index in [4.69, 9.17) is 9.05 Å². The predicted octanol–water partition coefficient (Wildman–Crippen LogP) is 4.04. The zero-order chi connectivity index (χ0) is 12.7. The fourth-order valence-corrected chi connectivity index (χ4v) is 2.28. The average Bonchev–Trinajstić information content (AvgIpc) is 2.20. The summed E-state index contributed by atoms with van der Waals surface area (Å²) in [5.41, 5.74) is 2.47. The summed E-state index contributed by atoms with van der Waals surface area (Å²) in [5.74, 6) is 2.92. The minimum absolute atomic E-state index is 0.194. The first-order chi connectivity index (χ1) is 7.33. The quantitative estimate of drug-likeness (QED) is 0.524. The van der Waals surface area contributed by atoms with Gasteiger partial charge < -0.3 is 0 Å². The van der Waals surface area contributed by atoms with Crippen molar-refractivity contribution in [2.24, 2.45) is 5.41 Å². The molecule has 0 amide bonds. The van der Waals surface area contributed by atoms with Crippen LogP contribution in [-0.2, 0) is 13.6 Å². The van der Waals surface area contributed by atoms with Gasteiger partial charge in [-0.25, -0.2) is 4.57 Å². The summed E-state index contributed by atoms with van der Waals surface area (Å²) in [6.45, 7) is 10.6. The molecule has 0 saturated heterocycles. The Kier molecular flexibility index (Phi) is 6.99. The molecule has 0 heterocycles. The lowest BCUT2D eigenvalue weighted by Gasteiger charge is -2.13. The Bertz CT molecular complexity index is 282. The monoisotopic (exact) mass is 246 g/mol. The molecule has 0 bridgehead atoms. The number of rotatable bonds is 6. The van der Waals surface area contributed by atoms with Gasteiger partial charge in [-0.1, -0.05) is 19.8 Å². The van der Waals surface area contributed by atoms with Gasteiger partial charge in [-0.15, -0.1) is 0 Å². The molecule has 0 aromatic carbocycles. The fourth-order valence-electron chi connectivity index (χ4n) is 0.761. The summed E-state index contributed by atoms with van der Waals surface area (Å²) in [6, 6.07) is 0. The first-order valence-electron chi connectivity index (χ1n) is 5.76. The Balaban J connectivity index is 4.63. The lowest BCUT2D eigenvalue weighted by molar-refractivity contribution is 0.214. The number of hydrogen-bond acceptors (Lipinski definition) is 3. The summed E-state index contributed by atoms with van der Waals surface area (Å²) in [7, 11) is -3.21. The van der Waals surface area contributed by atoms with Crippen LogP contribution in [0.5, 0.6) is 0 Å². The summed E-state index contributed by atoms with van der Waals surface area (Å²) < 4.78 is 22.6. The zero-order valence-corrected chi connectivity index (χ0v) is 11.9. The van der Waals surface area contributed by atoms with Crippen LogP contribution in [0.2, 0.25) is 0 Å². The zero-order valence-electron chi connectivity index (χ0n) is 11.0. The van der Waals surface area contributed by atoms with Gasteiger partial charge in [0.25, 0.3) is 0 Å². The van der Waals surface area contributed by atoms with Gasteiger partial charge in [0.05, 0.1) is 13.2 Å². The van der Waals surface area contributed by atoms with Crippen molar-refractivity contribution in [2.45, 2.75) is 47.5 Å². The molecule has 0 aliphatic heterocycles. The van der Waals surface area contributed by atoms with Gasteiger partial charge in [-0.2, -0.15) is 0 Å². The third-order valence-electron chi connectivity index (χ3n) is 1.50. The molecule has 0 unspecified atom stereocenters. The van der Waals surface area contributed by atoms with Crippen molar-refractivity contribution in [3.63, 3.8) is 0 Å². The van der Waals surface area contributed by atoms with E-state index in [-0.39, 0.29) is 5.41 Å². The Labute approximate surface area is 99.4 Å². The minimum atomic E-state index is -3.21. The van der Waals surface area contributed by atoms with Crippen LogP contribution in [0.15, 0.2) is 0 Å². The van der Waals surface area contributed by atoms with Crippen molar-refractivity contribution in [3.8, 4) is 11.6 Å². The fraction of sp³-hybridized carbons (Fsp3) is 0.833. The first-order valence-corrected chi connectivity index (χ1v) is 7.31. The highest BCUT2D eigenvalue weighted by Crippen LogP contribution is 2.47. The van der Waals surface area contributed by atoms with E-state index in [2.05, 4.69) is 11.6 Å². The maximum absolute atomic E-state index is 12.2. The highest BCUT2D eigenvalue weighted by molar-refractivity contribution is 7.59. The van der Waals surface area contributed by atoms with Crippen LogP contribution in [-0.4, -0.2) is 13.2 Å². The molecule has 0 fully saturated rings. The highest BCUT2D eigenvalue weighted by Gasteiger charge is 2.21. The second-order valence-corrected chi connectivity index (χ2v) is 6.39. The van der Waals surface area contributed by atoms with Gasteiger partial charge in [0, 0.05) is 11.1 Å². The molecule has 94 valence electrons. The molecular formula is C12H23O3P. The maximum atomic E-state index is 12.2.